The molecule has 0 radical (unpaired) electrons. The van der Waals surface area contributed by atoms with Gasteiger partial charge in [0.05, 0.1) is 18.8 Å². The van der Waals surface area contributed by atoms with Crippen molar-refractivity contribution >= 4 is 28.8 Å². The Bertz CT molecular complexity index is 1050. The van der Waals surface area contributed by atoms with E-state index in [2.05, 4.69) is 45.9 Å². The number of nitrogens with one attached hydrogen (secondary N) is 2. The van der Waals surface area contributed by atoms with E-state index in [9.17, 15) is 9.59 Å². The van der Waals surface area contributed by atoms with Crippen LogP contribution in [0.1, 0.15) is 22.0 Å². The van der Waals surface area contributed by atoms with Crippen LogP contribution in [0.3, 0.4) is 0 Å². The highest BCUT2D eigenvalue weighted by molar-refractivity contribution is 7.10. The van der Waals surface area contributed by atoms with E-state index in [4.69, 9.17) is 4.74 Å². The summed E-state index contributed by atoms with van der Waals surface area (Å²) >= 11 is 1.66. The van der Waals surface area contributed by atoms with Crippen molar-refractivity contribution in [1.29, 1.82) is 0 Å². The lowest BCUT2D eigenvalue weighted by Crippen LogP contribution is -2.43. The SMILES string of the molecule is COc1ccccc1NC(=O)C(=O)NCC(c1cccs1)N1CCc2ccccc2C1. The summed E-state index contributed by atoms with van der Waals surface area (Å²) < 4.78 is 5.23. The van der Waals surface area contributed by atoms with Crippen molar-refractivity contribution in [1.82, 2.24) is 10.2 Å². The molecule has 1 atom stereocenters. The fraction of sp³-hybridized carbons (Fsp3) is 0.250. The van der Waals surface area contributed by atoms with Crippen LogP contribution in [0.25, 0.3) is 0 Å². The van der Waals surface area contributed by atoms with Gasteiger partial charge in [-0.25, -0.2) is 0 Å². The Morgan fingerprint density at radius 1 is 1.03 bits per heavy atom. The summed E-state index contributed by atoms with van der Waals surface area (Å²) in [6.07, 6.45) is 0.973. The smallest absolute Gasteiger partial charge is 0.313 e. The van der Waals surface area contributed by atoms with Gasteiger partial charge in [0.15, 0.2) is 0 Å². The number of rotatable bonds is 6. The molecule has 31 heavy (non-hydrogen) atoms. The van der Waals surface area contributed by atoms with E-state index in [0.717, 1.165) is 19.5 Å². The number of amides is 2. The normalized spacial score (nSPS) is 14.4. The van der Waals surface area contributed by atoms with E-state index in [-0.39, 0.29) is 6.04 Å². The Morgan fingerprint density at radius 2 is 1.81 bits per heavy atom. The molecule has 0 saturated carbocycles. The van der Waals surface area contributed by atoms with Crippen molar-refractivity contribution in [2.75, 3.05) is 25.5 Å². The number of carbonyl (C=O) groups is 2. The predicted molar refractivity (Wildman–Crippen MR) is 122 cm³/mol. The second kappa shape index (κ2) is 9.76. The Hall–Kier alpha value is -3.16. The third-order valence-corrected chi connectivity index (χ3v) is 6.46. The van der Waals surface area contributed by atoms with E-state index >= 15 is 0 Å². The van der Waals surface area contributed by atoms with Crippen molar-refractivity contribution in [2.24, 2.45) is 0 Å². The highest BCUT2D eigenvalue weighted by Crippen LogP contribution is 2.30. The third-order valence-electron chi connectivity index (χ3n) is 5.49. The second-order valence-corrected chi connectivity index (χ2v) is 8.36. The zero-order chi connectivity index (χ0) is 21.6. The van der Waals surface area contributed by atoms with Crippen LogP contribution < -0.4 is 15.4 Å². The van der Waals surface area contributed by atoms with Gasteiger partial charge in [-0.2, -0.15) is 0 Å². The molecule has 2 aromatic carbocycles. The maximum absolute atomic E-state index is 12.5. The van der Waals surface area contributed by atoms with Gasteiger partial charge in [-0.1, -0.05) is 42.5 Å². The zero-order valence-corrected chi connectivity index (χ0v) is 18.2. The van der Waals surface area contributed by atoms with Gasteiger partial charge in [0, 0.05) is 24.5 Å². The highest BCUT2D eigenvalue weighted by Gasteiger charge is 2.27. The number of ether oxygens (including phenoxy) is 1. The van der Waals surface area contributed by atoms with Crippen molar-refractivity contribution < 1.29 is 14.3 Å². The second-order valence-electron chi connectivity index (χ2n) is 7.38. The summed E-state index contributed by atoms with van der Waals surface area (Å²) in [7, 11) is 1.52. The summed E-state index contributed by atoms with van der Waals surface area (Å²) in [4.78, 5) is 28.5. The number of hydrogen-bond donors (Lipinski definition) is 2. The number of nitrogens with zero attached hydrogens (tertiary/aromatic N) is 1. The topological polar surface area (TPSA) is 70.7 Å². The standard InChI is InChI=1S/C24H25N3O3S/c1-30-21-10-5-4-9-19(21)26-24(29)23(28)25-15-20(22-11-6-14-31-22)27-13-12-17-7-2-3-8-18(17)16-27/h2-11,14,20H,12-13,15-16H2,1H3,(H,25,28)(H,26,29). The van der Waals surface area contributed by atoms with Crippen LogP contribution in [0.4, 0.5) is 5.69 Å². The molecule has 0 spiro atoms. The molecule has 0 aliphatic carbocycles. The molecule has 6 nitrogen and oxygen atoms in total. The average Bonchev–Trinajstić information content (AvgIpc) is 3.34. The van der Waals surface area contributed by atoms with Crippen LogP contribution in [-0.2, 0) is 22.6 Å². The first-order chi connectivity index (χ1) is 15.2. The van der Waals surface area contributed by atoms with Crippen LogP contribution in [-0.4, -0.2) is 36.9 Å². The Labute approximate surface area is 185 Å². The first-order valence-corrected chi connectivity index (χ1v) is 11.1. The lowest BCUT2D eigenvalue weighted by atomic mass is 9.98. The minimum Gasteiger partial charge on any atom is -0.495 e. The van der Waals surface area contributed by atoms with E-state index < -0.39 is 11.8 Å². The molecule has 0 fully saturated rings. The number of methoxy groups -OCH3 is 1. The van der Waals surface area contributed by atoms with Crippen molar-refractivity contribution in [3.05, 3.63) is 82.0 Å². The van der Waals surface area contributed by atoms with Crippen molar-refractivity contribution in [3.63, 3.8) is 0 Å². The molecule has 2 amide bonds. The predicted octanol–water partition coefficient (Wildman–Crippen LogP) is 3.61. The molecule has 2 N–H and O–H groups in total. The lowest BCUT2D eigenvalue weighted by molar-refractivity contribution is -0.136. The summed E-state index contributed by atoms with van der Waals surface area (Å²) in [6.45, 7) is 2.09. The fourth-order valence-corrected chi connectivity index (χ4v) is 4.73. The van der Waals surface area contributed by atoms with Crippen molar-refractivity contribution in [2.45, 2.75) is 19.0 Å². The van der Waals surface area contributed by atoms with Crippen molar-refractivity contribution in [3.8, 4) is 5.75 Å². The maximum Gasteiger partial charge on any atom is 0.313 e. The van der Waals surface area contributed by atoms with Gasteiger partial charge in [-0.15, -0.1) is 11.3 Å². The molecule has 160 valence electrons. The third kappa shape index (κ3) is 4.95. The molecule has 1 unspecified atom stereocenters. The Morgan fingerprint density at radius 3 is 2.58 bits per heavy atom. The van der Waals surface area contributed by atoms with Gasteiger partial charge in [0.2, 0.25) is 0 Å². The molecule has 1 aliphatic heterocycles. The number of thiophene rings is 1. The van der Waals surface area contributed by atoms with Gasteiger partial charge in [-0.3, -0.25) is 14.5 Å². The first kappa shape index (κ1) is 21.1. The average molecular weight is 436 g/mol. The van der Waals surface area contributed by atoms with Crippen LogP contribution >= 0.6 is 11.3 Å². The Balaban J connectivity index is 1.42. The largest absolute Gasteiger partial charge is 0.495 e. The highest BCUT2D eigenvalue weighted by atomic mass is 32.1. The van der Waals surface area contributed by atoms with E-state index in [1.807, 2.05) is 11.4 Å². The number of benzene rings is 2. The van der Waals surface area contributed by atoms with Crippen LogP contribution in [0.15, 0.2) is 66.0 Å². The van der Waals surface area contributed by atoms with Gasteiger partial charge >= 0.3 is 11.8 Å². The van der Waals surface area contributed by atoms with E-state index in [0.29, 0.717) is 18.0 Å². The molecular weight excluding hydrogens is 410 g/mol. The first-order valence-electron chi connectivity index (χ1n) is 10.2. The maximum atomic E-state index is 12.5. The molecule has 2 heterocycles. The summed E-state index contributed by atoms with van der Waals surface area (Å²) in [5, 5.41) is 7.49. The van der Waals surface area contributed by atoms with E-state index in [1.54, 1.807) is 35.6 Å². The number of carbonyl (C=O) groups excluding carboxylic acids is 2. The Kier molecular flexibility index (Phi) is 6.64. The number of hydrogen-bond acceptors (Lipinski definition) is 5. The molecule has 0 saturated heterocycles. The zero-order valence-electron chi connectivity index (χ0n) is 17.3. The lowest BCUT2D eigenvalue weighted by Gasteiger charge is -2.35. The summed E-state index contributed by atoms with van der Waals surface area (Å²) in [6, 6.07) is 19.6. The van der Waals surface area contributed by atoms with Gasteiger partial charge in [-0.05, 0) is 41.1 Å². The monoisotopic (exact) mass is 435 g/mol. The van der Waals surface area contributed by atoms with Gasteiger partial charge in [0.25, 0.3) is 0 Å². The fourth-order valence-electron chi connectivity index (χ4n) is 3.87. The molecule has 1 aliphatic rings. The van der Waals surface area contributed by atoms with Crippen LogP contribution in [0.5, 0.6) is 5.75 Å². The van der Waals surface area contributed by atoms with Gasteiger partial charge < -0.3 is 15.4 Å². The minimum absolute atomic E-state index is 0.0105. The molecule has 4 rings (SSSR count). The van der Waals surface area contributed by atoms with Crippen LogP contribution in [0.2, 0.25) is 0 Å². The molecular formula is C24H25N3O3S. The number of anilines is 1. The quantitative estimate of drug-likeness (QED) is 0.581. The molecule has 1 aromatic heterocycles. The summed E-state index contributed by atoms with van der Waals surface area (Å²) in [5.41, 5.74) is 3.16. The molecule has 0 bridgehead atoms. The van der Waals surface area contributed by atoms with E-state index in [1.165, 1.54) is 23.1 Å². The minimum atomic E-state index is -0.710. The number of fused-ring (bicyclic) bond motifs is 1. The number of para-hydroxylation sites is 2. The van der Waals surface area contributed by atoms with Crippen LogP contribution in [0, 0.1) is 0 Å². The summed E-state index contributed by atoms with van der Waals surface area (Å²) in [5.74, 6) is -0.865. The molecule has 3 aromatic rings. The molecule has 7 heteroatoms. The van der Waals surface area contributed by atoms with Gasteiger partial charge in [0.1, 0.15) is 5.75 Å².